The van der Waals surface area contributed by atoms with Crippen LogP contribution in [0, 0.1) is 0 Å². The number of carboxylic acids is 1. The Labute approximate surface area is 199 Å². The van der Waals surface area contributed by atoms with E-state index in [0.717, 1.165) is 18.4 Å². The Balaban J connectivity index is 1.42. The number of anilines is 1. The van der Waals surface area contributed by atoms with E-state index in [4.69, 9.17) is 5.11 Å². The molecule has 0 aromatic heterocycles. The number of hydrogen-bond acceptors (Lipinski definition) is 8. The predicted molar refractivity (Wildman–Crippen MR) is 131 cm³/mol. The van der Waals surface area contributed by atoms with Crippen LogP contribution in [-0.2, 0) is 14.2 Å². The minimum atomic E-state index is -2.08. The summed E-state index contributed by atoms with van der Waals surface area (Å²) in [5, 5.41) is 30.0. The molecule has 0 saturated carbocycles. The fraction of sp³-hybridized carbons (Fsp3) is 0.565. The van der Waals surface area contributed by atoms with Gasteiger partial charge in [-0.15, -0.1) is 0 Å². The van der Waals surface area contributed by atoms with E-state index in [2.05, 4.69) is 15.6 Å². The van der Waals surface area contributed by atoms with Crippen LogP contribution in [-0.4, -0.2) is 88.1 Å². The topological polar surface area (TPSA) is 135 Å². The van der Waals surface area contributed by atoms with E-state index in [0.29, 0.717) is 49.7 Å². The summed E-state index contributed by atoms with van der Waals surface area (Å²) in [6.07, 6.45) is 4.09. The van der Waals surface area contributed by atoms with Crippen LogP contribution in [0.15, 0.2) is 28.4 Å². The standard InChI is InChI=1S/C23H32N5O5P/c1-15-21(23(32)28(26-15)17-8-12-34(2,33)13-9-17)25-24-19-5-3-4-18(22(19)31)16-6-10-27(11-7-16)14-20(29)30/h3-5,16-17,24,31H,6-14H2,1-2H3,(H,29,30). The van der Waals surface area contributed by atoms with Gasteiger partial charge in [-0.3, -0.25) is 19.9 Å². The van der Waals surface area contributed by atoms with Crippen molar-refractivity contribution in [1.29, 1.82) is 0 Å². The van der Waals surface area contributed by atoms with Gasteiger partial charge in [-0.1, -0.05) is 12.1 Å². The molecule has 2 saturated heterocycles. The number of hydrazone groups is 2. The molecule has 1 amide bonds. The first kappa shape index (κ1) is 24.4. The Morgan fingerprint density at radius 2 is 1.91 bits per heavy atom. The number of phenols is 1. The van der Waals surface area contributed by atoms with E-state index in [1.165, 1.54) is 5.01 Å². The molecule has 0 aliphatic carbocycles. The molecule has 3 aliphatic rings. The number of nitrogens with zero attached hydrogens (tertiary/aromatic N) is 4. The van der Waals surface area contributed by atoms with Gasteiger partial charge in [0, 0.05) is 12.3 Å². The molecular weight excluding hydrogens is 457 g/mol. The van der Waals surface area contributed by atoms with Crippen LogP contribution in [0.5, 0.6) is 5.75 Å². The van der Waals surface area contributed by atoms with Crippen molar-refractivity contribution >= 4 is 36.1 Å². The van der Waals surface area contributed by atoms with Crippen molar-refractivity contribution in [1.82, 2.24) is 9.91 Å². The van der Waals surface area contributed by atoms with Crippen molar-refractivity contribution in [3.8, 4) is 5.75 Å². The van der Waals surface area contributed by atoms with E-state index in [1.807, 2.05) is 23.7 Å². The van der Waals surface area contributed by atoms with Gasteiger partial charge in [-0.05, 0) is 69.9 Å². The number of carboxylic acid groups (broad SMARTS) is 1. The number of rotatable bonds is 6. The number of aliphatic carboxylic acids is 1. The molecule has 3 heterocycles. The van der Waals surface area contributed by atoms with Crippen LogP contribution >= 0.6 is 7.14 Å². The zero-order valence-electron chi connectivity index (χ0n) is 19.6. The van der Waals surface area contributed by atoms with Crippen LogP contribution in [0.25, 0.3) is 0 Å². The molecule has 0 atom stereocenters. The summed E-state index contributed by atoms with van der Waals surface area (Å²) in [6, 6.07) is 5.33. The Hall–Kier alpha value is -2.71. The third-order valence-electron chi connectivity index (χ3n) is 6.97. The lowest BCUT2D eigenvalue weighted by molar-refractivity contribution is -0.138. The second-order valence-corrected chi connectivity index (χ2v) is 13.1. The van der Waals surface area contributed by atoms with Crippen LogP contribution in [0.3, 0.4) is 0 Å². The molecule has 11 heteroatoms. The molecule has 0 radical (unpaired) electrons. The highest BCUT2D eigenvalue weighted by atomic mass is 31.2. The van der Waals surface area contributed by atoms with E-state index in [9.17, 15) is 19.3 Å². The third kappa shape index (κ3) is 5.33. The summed E-state index contributed by atoms with van der Waals surface area (Å²) in [7, 11) is -2.08. The normalized spacial score (nSPS) is 27.8. The van der Waals surface area contributed by atoms with Gasteiger partial charge in [0.25, 0.3) is 5.91 Å². The van der Waals surface area contributed by atoms with Crippen molar-refractivity contribution < 1.29 is 24.4 Å². The molecule has 0 unspecified atom stereocenters. The lowest BCUT2D eigenvalue weighted by Gasteiger charge is -2.31. The highest BCUT2D eigenvalue weighted by molar-refractivity contribution is 7.63. The van der Waals surface area contributed by atoms with Gasteiger partial charge in [0.2, 0.25) is 0 Å². The number of nitrogens with one attached hydrogen (secondary N) is 1. The van der Waals surface area contributed by atoms with Gasteiger partial charge in [0.1, 0.15) is 5.75 Å². The van der Waals surface area contributed by atoms with E-state index >= 15 is 0 Å². The van der Waals surface area contributed by atoms with Gasteiger partial charge in [-0.25, -0.2) is 5.01 Å². The Morgan fingerprint density at radius 3 is 2.56 bits per heavy atom. The van der Waals surface area contributed by atoms with Gasteiger partial charge in [-0.2, -0.15) is 10.2 Å². The van der Waals surface area contributed by atoms with Crippen LogP contribution in [0.2, 0.25) is 0 Å². The number of amides is 1. The molecule has 184 valence electrons. The molecule has 3 aliphatic heterocycles. The molecule has 10 nitrogen and oxygen atoms in total. The summed E-state index contributed by atoms with van der Waals surface area (Å²) in [6.45, 7) is 4.89. The van der Waals surface area contributed by atoms with Crippen molar-refractivity contribution in [3.63, 3.8) is 0 Å². The molecule has 1 aromatic carbocycles. The fourth-order valence-electron chi connectivity index (χ4n) is 4.93. The quantitative estimate of drug-likeness (QED) is 0.318. The lowest BCUT2D eigenvalue weighted by Crippen LogP contribution is -2.39. The van der Waals surface area contributed by atoms with Crippen molar-refractivity contribution in [3.05, 3.63) is 23.8 Å². The number of benzene rings is 1. The summed E-state index contributed by atoms with van der Waals surface area (Å²) >= 11 is 0. The summed E-state index contributed by atoms with van der Waals surface area (Å²) in [5.74, 6) is -0.915. The van der Waals surface area contributed by atoms with E-state index in [1.54, 1.807) is 13.0 Å². The lowest BCUT2D eigenvalue weighted by atomic mass is 9.88. The van der Waals surface area contributed by atoms with Crippen molar-refractivity contribution in [2.45, 2.75) is 44.6 Å². The molecule has 0 bridgehead atoms. The zero-order valence-corrected chi connectivity index (χ0v) is 20.5. The number of phenolic OH excluding ortho intramolecular Hbond substituents is 1. The first-order chi connectivity index (χ1) is 16.1. The molecular formula is C23H32N5O5P. The number of piperidine rings is 1. The number of para-hydroxylation sites is 1. The molecule has 3 N–H and O–H groups in total. The maximum absolute atomic E-state index is 13.0. The molecule has 1 aromatic rings. The van der Waals surface area contributed by atoms with Crippen molar-refractivity contribution in [2.24, 2.45) is 10.2 Å². The van der Waals surface area contributed by atoms with Gasteiger partial charge >= 0.3 is 5.97 Å². The SMILES string of the molecule is CC1=NN(C2CCP(C)(=O)CC2)C(=O)C1=NNc1cccc(C2CCN(CC(=O)O)CC2)c1O. The average Bonchev–Trinajstić information content (AvgIpc) is 3.07. The molecule has 2 fully saturated rings. The smallest absolute Gasteiger partial charge is 0.317 e. The Bertz CT molecular complexity index is 1070. The highest BCUT2D eigenvalue weighted by Gasteiger charge is 2.38. The first-order valence-corrected chi connectivity index (χ1v) is 14.2. The molecule has 34 heavy (non-hydrogen) atoms. The Morgan fingerprint density at radius 1 is 1.24 bits per heavy atom. The van der Waals surface area contributed by atoms with Gasteiger partial charge in [0.05, 0.1) is 31.1 Å². The van der Waals surface area contributed by atoms with Crippen molar-refractivity contribution in [2.75, 3.05) is 44.0 Å². The average molecular weight is 490 g/mol. The summed E-state index contributed by atoms with van der Waals surface area (Å²) < 4.78 is 12.3. The minimum Gasteiger partial charge on any atom is -0.505 e. The number of aromatic hydroxyl groups is 1. The molecule has 0 spiro atoms. The highest BCUT2D eigenvalue weighted by Crippen LogP contribution is 2.47. The number of hydrogen-bond donors (Lipinski definition) is 3. The van der Waals surface area contributed by atoms with Crippen LogP contribution < -0.4 is 5.43 Å². The number of likely N-dealkylation sites (tertiary alicyclic amines) is 1. The van der Waals surface area contributed by atoms with Crippen LogP contribution in [0.4, 0.5) is 5.69 Å². The fourth-order valence-corrected chi connectivity index (χ4v) is 6.84. The number of carbonyl (C=O) groups excluding carboxylic acids is 1. The van der Waals surface area contributed by atoms with Gasteiger partial charge < -0.3 is 14.8 Å². The maximum Gasteiger partial charge on any atom is 0.317 e. The van der Waals surface area contributed by atoms with E-state index in [-0.39, 0.29) is 35.9 Å². The Kier molecular flexibility index (Phi) is 7.09. The predicted octanol–water partition coefficient (Wildman–Crippen LogP) is 2.80. The number of carbonyl (C=O) groups is 2. The summed E-state index contributed by atoms with van der Waals surface area (Å²) in [5.41, 5.74) is 4.75. The summed E-state index contributed by atoms with van der Waals surface area (Å²) in [4.78, 5) is 25.8. The monoisotopic (exact) mass is 489 g/mol. The van der Waals surface area contributed by atoms with Crippen LogP contribution in [0.1, 0.15) is 44.1 Å². The van der Waals surface area contributed by atoms with E-state index < -0.39 is 13.1 Å². The second kappa shape index (κ2) is 9.88. The second-order valence-electron chi connectivity index (χ2n) is 9.57. The van der Waals surface area contributed by atoms with Gasteiger partial charge in [0.15, 0.2) is 5.71 Å². The maximum atomic E-state index is 13.0. The minimum absolute atomic E-state index is 0.0301. The zero-order chi connectivity index (χ0) is 24.5. The largest absolute Gasteiger partial charge is 0.505 e. The molecule has 4 rings (SSSR count). The third-order valence-corrected chi connectivity index (χ3v) is 9.38. The first-order valence-electron chi connectivity index (χ1n) is 11.7.